The highest BCUT2D eigenvalue weighted by molar-refractivity contribution is 5.39. The molecule has 5 heteroatoms. The van der Waals surface area contributed by atoms with Gasteiger partial charge in [0, 0.05) is 0 Å². The van der Waals surface area contributed by atoms with Gasteiger partial charge in [-0.1, -0.05) is 18.2 Å². The smallest absolute Gasteiger partial charge is 0.253 e. The number of nitrogens with two attached hydrogens (primary N) is 1. The van der Waals surface area contributed by atoms with Crippen molar-refractivity contribution in [2.45, 2.75) is 33.4 Å². The summed E-state index contributed by atoms with van der Waals surface area (Å²) in [6.45, 7) is 6.06. The molecule has 1 unspecified atom stereocenters. The second-order valence-electron chi connectivity index (χ2n) is 4.33. The van der Waals surface area contributed by atoms with Crippen LogP contribution in [0.15, 0.2) is 22.6 Å². The SMILES string of the molecule is Cc1cccc(C)c1OCc1nnc(C(C)N)o1. The van der Waals surface area contributed by atoms with Crippen molar-refractivity contribution in [1.29, 1.82) is 0 Å². The Morgan fingerprint density at radius 2 is 1.94 bits per heavy atom. The minimum atomic E-state index is -0.258. The lowest BCUT2D eigenvalue weighted by Gasteiger charge is -2.09. The summed E-state index contributed by atoms with van der Waals surface area (Å²) in [6.07, 6.45) is 0. The third kappa shape index (κ3) is 2.68. The lowest BCUT2D eigenvalue weighted by atomic mass is 10.1. The van der Waals surface area contributed by atoms with Crippen LogP contribution < -0.4 is 10.5 Å². The summed E-state index contributed by atoms with van der Waals surface area (Å²) in [7, 11) is 0. The summed E-state index contributed by atoms with van der Waals surface area (Å²) >= 11 is 0. The third-order valence-corrected chi connectivity index (χ3v) is 2.62. The second kappa shape index (κ2) is 5.18. The van der Waals surface area contributed by atoms with E-state index in [9.17, 15) is 0 Å². The zero-order chi connectivity index (χ0) is 13.1. The lowest BCUT2D eigenvalue weighted by molar-refractivity contribution is 0.254. The Hall–Kier alpha value is -1.88. The van der Waals surface area contributed by atoms with Crippen LogP contribution >= 0.6 is 0 Å². The monoisotopic (exact) mass is 247 g/mol. The van der Waals surface area contributed by atoms with Gasteiger partial charge in [0.2, 0.25) is 5.89 Å². The molecule has 96 valence electrons. The zero-order valence-corrected chi connectivity index (χ0v) is 10.8. The van der Waals surface area contributed by atoms with Crippen LogP contribution in [0.25, 0.3) is 0 Å². The van der Waals surface area contributed by atoms with E-state index in [-0.39, 0.29) is 12.6 Å². The van der Waals surface area contributed by atoms with Gasteiger partial charge in [0.15, 0.2) is 6.61 Å². The Bertz CT molecular complexity index is 515. The van der Waals surface area contributed by atoms with E-state index in [1.54, 1.807) is 6.92 Å². The number of ether oxygens (including phenoxy) is 1. The van der Waals surface area contributed by atoms with E-state index in [1.807, 2.05) is 32.0 Å². The number of para-hydroxylation sites is 1. The van der Waals surface area contributed by atoms with Crippen molar-refractivity contribution < 1.29 is 9.15 Å². The number of hydrogen-bond donors (Lipinski definition) is 1. The molecule has 0 radical (unpaired) electrons. The molecule has 5 nitrogen and oxygen atoms in total. The molecular weight excluding hydrogens is 230 g/mol. The number of nitrogens with zero attached hydrogens (tertiary/aromatic N) is 2. The van der Waals surface area contributed by atoms with Crippen LogP contribution in [-0.4, -0.2) is 10.2 Å². The van der Waals surface area contributed by atoms with Gasteiger partial charge in [0.1, 0.15) is 5.75 Å². The van der Waals surface area contributed by atoms with Gasteiger partial charge >= 0.3 is 0 Å². The van der Waals surface area contributed by atoms with Crippen LogP contribution in [-0.2, 0) is 6.61 Å². The molecule has 2 N–H and O–H groups in total. The number of hydrogen-bond acceptors (Lipinski definition) is 5. The first-order valence-electron chi connectivity index (χ1n) is 5.85. The first-order valence-corrected chi connectivity index (χ1v) is 5.85. The summed E-state index contributed by atoms with van der Waals surface area (Å²) in [5.41, 5.74) is 7.82. The number of benzene rings is 1. The van der Waals surface area contributed by atoms with Gasteiger partial charge in [-0.05, 0) is 31.9 Å². The van der Waals surface area contributed by atoms with Crippen molar-refractivity contribution in [2.24, 2.45) is 5.73 Å². The Labute approximate surface area is 106 Å². The topological polar surface area (TPSA) is 74.2 Å². The van der Waals surface area contributed by atoms with Gasteiger partial charge < -0.3 is 14.9 Å². The fourth-order valence-corrected chi connectivity index (χ4v) is 1.67. The molecule has 18 heavy (non-hydrogen) atoms. The predicted molar refractivity (Wildman–Crippen MR) is 67.1 cm³/mol. The molecule has 0 aliphatic rings. The molecule has 0 fully saturated rings. The van der Waals surface area contributed by atoms with Gasteiger partial charge in [-0.3, -0.25) is 0 Å². The van der Waals surface area contributed by atoms with E-state index < -0.39 is 0 Å². The quantitative estimate of drug-likeness (QED) is 0.897. The maximum Gasteiger partial charge on any atom is 0.253 e. The molecule has 1 atom stereocenters. The molecule has 2 rings (SSSR count). The minimum Gasteiger partial charge on any atom is -0.483 e. The Morgan fingerprint density at radius 1 is 1.28 bits per heavy atom. The number of aryl methyl sites for hydroxylation is 2. The Morgan fingerprint density at radius 3 is 2.50 bits per heavy atom. The van der Waals surface area contributed by atoms with E-state index in [0.29, 0.717) is 11.8 Å². The van der Waals surface area contributed by atoms with Crippen molar-refractivity contribution in [3.8, 4) is 5.75 Å². The standard InChI is InChI=1S/C13H17N3O2/c1-8-5-4-6-9(2)12(8)17-7-11-15-16-13(18-11)10(3)14/h4-6,10H,7,14H2,1-3H3. The fraction of sp³-hybridized carbons (Fsp3) is 0.385. The number of aromatic nitrogens is 2. The summed E-state index contributed by atoms with van der Waals surface area (Å²) in [5, 5.41) is 7.74. The average Bonchev–Trinajstić information content (AvgIpc) is 2.77. The van der Waals surface area contributed by atoms with Gasteiger partial charge in [0.25, 0.3) is 5.89 Å². The predicted octanol–water partition coefficient (Wildman–Crippen LogP) is 2.29. The Kier molecular flexibility index (Phi) is 3.62. The molecule has 1 aromatic carbocycles. The van der Waals surface area contributed by atoms with Gasteiger partial charge in [-0.15, -0.1) is 10.2 Å². The van der Waals surface area contributed by atoms with Crippen molar-refractivity contribution in [1.82, 2.24) is 10.2 Å². The molecule has 0 amide bonds. The molecular formula is C13H17N3O2. The highest BCUT2D eigenvalue weighted by Gasteiger charge is 2.11. The van der Waals surface area contributed by atoms with Crippen LogP contribution in [0.3, 0.4) is 0 Å². The highest BCUT2D eigenvalue weighted by Crippen LogP contribution is 2.23. The number of rotatable bonds is 4. The first kappa shape index (κ1) is 12.6. The van der Waals surface area contributed by atoms with Crippen molar-refractivity contribution >= 4 is 0 Å². The summed E-state index contributed by atoms with van der Waals surface area (Å²) in [4.78, 5) is 0. The maximum absolute atomic E-state index is 5.71. The van der Waals surface area contributed by atoms with E-state index in [1.165, 1.54) is 0 Å². The molecule has 0 spiro atoms. The summed E-state index contributed by atoms with van der Waals surface area (Å²) in [6, 6.07) is 5.75. The molecule has 0 bridgehead atoms. The van der Waals surface area contributed by atoms with Crippen LogP contribution in [0.5, 0.6) is 5.75 Å². The second-order valence-corrected chi connectivity index (χ2v) is 4.33. The molecule has 1 heterocycles. The van der Waals surface area contributed by atoms with E-state index in [2.05, 4.69) is 10.2 Å². The third-order valence-electron chi connectivity index (χ3n) is 2.62. The van der Waals surface area contributed by atoms with E-state index in [0.717, 1.165) is 16.9 Å². The van der Waals surface area contributed by atoms with Crippen LogP contribution in [0.1, 0.15) is 35.9 Å². The van der Waals surface area contributed by atoms with Crippen molar-refractivity contribution in [2.75, 3.05) is 0 Å². The van der Waals surface area contributed by atoms with Gasteiger partial charge in [-0.2, -0.15) is 0 Å². The minimum absolute atomic E-state index is 0.255. The van der Waals surface area contributed by atoms with Crippen LogP contribution in [0.2, 0.25) is 0 Å². The average molecular weight is 247 g/mol. The molecule has 0 aliphatic heterocycles. The summed E-state index contributed by atoms with van der Waals surface area (Å²) in [5.74, 6) is 1.72. The molecule has 1 aromatic heterocycles. The van der Waals surface area contributed by atoms with Crippen LogP contribution in [0, 0.1) is 13.8 Å². The Balaban J connectivity index is 2.07. The van der Waals surface area contributed by atoms with Crippen LogP contribution in [0.4, 0.5) is 0 Å². The van der Waals surface area contributed by atoms with Gasteiger partial charge in [-0.25, -0.2) is 0 Å². The summed E-state index contributed by atoms with van der Waals surface area (Å²) < 4.78 is 11.1. The first-order chi connectivity index (χ1) is 8.58. The molecule has 0 saturated carbocycles. The largest absolute Gasteiger partial charge is 0.483 e. The van der Waals surface area contributed by atoms with Crippen molar-refractivity contribution in [3.05, 3.63) is 41.1 Å². The zero-order valence-electron chi connectivity index (χ0n) is 10.8. The fourth-order valence-electron chi connectivity index (χ4n) is 1.67. The highest BCUT2D eigenvalue weighted by atomic mass is 16.5. The van der Waals surface area contributed by atoms with Crippen molar-refractivity contribution in [3.63, 3.8) is 0 Å². The van der Waals surface area contributed by atoms with E-state index in [4.69, 9.17) is 14.9 Å². The lowest BCUT2D eigenvalue weighted by Crippen LogP contribution is -2.04. The van der Waals surface area contributed by atoms with E-state index >= 15 is 0 Å². The van der Waals surface area contributed by atoms with Gasteiger partial charge in [0.05, 0.1) is 6.04 Å². The molecule has 0 aliphatic carbocycles. The molecule has 0 saturated heterocycles. The maximum atomic E-state index is 5.71. The normalized spacial score (nSPS) is 12.4. The molecule has 2 aromatic rings.